The van der Waals surface area contributed by atoms with Crippen molar-refractivity contribution in [2.75, 3.05) is 13.7 Å². The SMILES string of the molecule is COc1ccc(-c2nc(CCNS(=O)(=O)c3cnn(-c4ccccc4)c3)co2)cc1. The van der Waals surface area contributed by atoms with E-state index in [-0.39, 0.29) is 11.4 Å². The number of oxazole rings is 1. The number of nitrogens with zero attached hydrogens (tertiary/aromatic N) is 3. The Morgan fingerprint density at radius 1 is 1.10 bits per heavy atom. The normalized spacial score (nSPS) is 11.5. The van der Waals surface area contributed by atoms with Crippen LogP contribution < -0.4 is 9.46 Å². The number of hydrogen-bond acceptors (Lipinski definition) is 6. The summed E-state index contributed by atoms with van der Waals surface area (Å²) >= 11 is 0. The Bertz CT molecular complexity index is 1220. The molecule has 0 unspecified atom stereocenters. The van der Waals surface area contributed by atoms with Crippen molar-refractivity contribution in [3.8, 4) is 22.9 Å². The van der Waals surface area contributed by atoms with Crippen LogP contribution in [0, 0.1) is 0 Å². The smallest absolute Gasteiger partial charge is 0.243 e. The van der Waals surface area contributed by atoms with Crippen LogP contribution in [-0.2, 0) is 16.4 Å². The molecule has 2 aromatic heterocycles. The third-order valence-electron chi connectivity index (χ3n) is 4.45. The fraction of sp³-hybridized carbons (Fsp3) is 0.143. The highest BCUT2D eigenvalue weighted by Gasteiger charge is 2.17. The van der Waals surface area contributed by atoms with Gasteiger partial charge in [0.05, 0.1) is 30.9 Å². The van der Waals surface area contributed by atoms with Gasteiger partial charge in [-0.1, -0.05) is 18.2 Å². The second-order valence-corrected chi connectivity index (χ2v) is 8.24. The number of benzene rings is 2. The molecule has 4 rings (SSSR count). The molecule has 8 nitrogen and oxygen atoms in total. The Kier molecular flexibility index (Phi) is 5.64. The minimum atomic E-state index is -3.68. The van der Waals surface area contributed by atoms with Gasteiger partial charge in [-0.15, -0.1) is 0 Å². The van der Waals surface area contributed by atoms with Crippen molar-refractivity contribution in [1.82, 2.24) is 19.5 Å². The van der Waals surface area contributed by atoms with Crippen molar-refractivity contribution in [2.45, 2.75) is 11.3 Å². The van der Waals surface area contributed by atoms with E-state index in [1.54, 1.807) is 7.11 Å². The van der Waals surface area contributed by atoms with Gasteiger partial charge >= 0.3 is 0 Å². The lowest BCUT2D eigenvalue weighted by Gasteiger charge is -2.03. The summed E-state index contributed by atoms with van der Waals surface area (Å²) in [5, 5.41) is 4.13. The van der Waals surface area contributed by atoms with Gasteiger partial charge in [-0.2, -0.15) is 5.10 Å². The Hall–Kier alpha value is -3.43. The molecular formula is C21H20N4O4S. The summed E-state index contributed by atoms with van der Waals surface area (Å²) < 4.78 is 39.8. The molecule has 2 aromatic carbocycles. The number of para-hydroxylation sites is 1. The highest BCUT2D eigenvalue weighted by Crippen LogP contribution is 2.22. The summed E-state index contributed by atoms with van der Waals surface area (Å²) in [7, 11) is -2.07. The maximum absolute atomic E-state index is 12.5. The second-order valence-electron chi connectivity index (χ2n) is 6.48. The molecule has 0 aliphatic heterocycles. The predicted octanol–water partition coefficient (Wildman–Crippen LogP) is 3.06. The Morgan fingerprint density at radius 2 is 1.87 bits per heavy atom. The number of aromatic nitrogens is 3. The van der Waals surface area contributed by atoms with Crippen molar-refractivity contribution < 1.29 is 17.6 Å². The highest BCUT2D eigenvalue weighted by molar-refractivity contribution is 7.89. The number of methoxy groups -OCH3 is 1. The third-order valence-corrected chi connectivity index (χ3v) is 5.87. The van der Waals surface area contributed by atoms with Gasteiger partial charge in [0.2, 0.25) is 15.9 Å². The maximum atomic E-state index is 12.5. The molecule has 154 valence electrons. The molecule has 30 heavy (non-hydrogen) atoms. The topological polar surface area (TPSA) is 99.2 Å². The summed E-state index contributed by atoms with van der Waals surface area (Å²) in [5.74, 6) is 1.22. The molecule has 0 saturated heterocycles. The summed E-state index contributed by atoms with van der Waals surface area (Å²) in [6.45, 7) is 0.188. The van der Waals surface area contributed by atoms with E-state index >= 15 is 0 Å². The Morgan fingerprint density at radius 3 is 2.60 bits per heavy atom. The first-order chi connectivity index (χ1) is 14.5. The van der Waals surface area contributed by atoms with Crippen LogP contribution in [0.4, 0.5) is 0 Å². The molecular weight excluding hydrogens is 404 g/mol. The molecule has 9 heteroatoms. The summed E-state index contributed by atoms with van der Waals surface area (Å²) in [6, 6.07) is 16.7. The van der Waals surface area contributed by atoms with Crippen LogP contribution in [0.15, 0.2) is 82.6 Å². The maximum Gasteiger partial charge on any atom is 0.243 e. The molecule has 1 N–H and O–H groups in total. The molecule has 0 spiro atoms. The molecule has 2 heterocycles. The summed E-state index contributed by atoms with van der Waals surface area (Å²) in [5.41, 5.74) is 2.26. The minimum absolute atomic E-state index is 0.102. The second kappa shape index (κ2) is 8.52. The first kappa shape index (κ1) is 19.9. The molecule has 0 aliphatic rings. The zero-order valence-corrected chi connectivity index (χ0v) is 17.0. The molecule has 0 bridgehead atoms. The quantitative estimate of drug-likeness (QED) is 0.467. The molecule has 0 atom stereocenters. The molecule has 0 radical (unpaired) electrons. The fourth-order valence-electron chi connectivity index (χ4n) is 2.85. The molecule has 4 aromatic rings. The summed E-state index contributed by atoms with van der Waals surface area (Å²) in [6.07, 6.45) is 4.73. The molecule has 0 saturated carbocycles. The van der Waals surface area contributed by atoms with E-state index < -0.39 is 10.0 Å². The zero-order chi connectivity index (χ0) is 21.0. The molecule has 0 fully saturated rings. The number of sulfonamides is 1. The first-order valence-corrected chi connectivity index (χ1v) is 10.7. The number of nitrogens with one attached hydrogen (secondary N) is 1. The summed E-state index contributed by atoms with van der Waals surface area (Å²) in [4.78, 5) is 4.52. The van der Waals surface area contributed by atoms with Gasteiger partial charge in [-0.05, 0) is 36.4 Å². The lowest BCUT2D eigenvalue weighted by atomic mass is 10.2. The monoisotopic (exact) mass is 424 g/mol. The number of rotatable bonds is 8. The Balaban J connectivity index is 1.37. The lowest BCUT2D eigenvalue weighted by molar-refractivity contribution is 0.415. The van der Waals surface area contributed by atoms with Gasteiger partial charge in [0.15, 0.2) is 0 Å². The minimum Gasteiger partial charge on any atom is -0.497 e. The van der Waals surface area contributed by atoms with Crippen LogP contribution in [0.2, 0.25) is 0 Å². The van der Waals surface area contributed by atoms with E-state index in [1.165, 1.54) is 23.3 Å². The van der Waals surface area contributed by atoms with Gasteiger partial charge in [-0.3, -0.25) is 0 Å². The fourth-order valence-corrected chi connectivity index (χ4v) is 3.81. The standard InChI is InChI=1S/C21H20N4O4S/c1-28-19-9-7-16(8-10-19)21-24-17(15-29-21)11-12-23-30(26,27)20-13-22-25(14-20)18-5-3-2-4-6-18/h2-10,13-15,23H,11-12H2,1H3. The van der Waals surface area contributed by atoms with Gasteiger partial charge in [0.25, 0.3) is 0 Å². The van der Waals surface area contributed by atoms with Crippen molar-refractivity contribution in [3.63, 3.8) is 0 Å². The van der Waals surface area contributed by atoms with Crippen molar-refractivity contribution in [1.29, 1.82) is 0 Å². The van der Waals surface area contributed by atoms with Crippen LogP contribution in [-0.4, -0.2) is 36.8 Å². The van der Waals surface area contributed by atoms with Crippen molar-refractivity contribution in [3.05, 3.63) is 78.9 Å². The third kappa shape index (κ3) is 4.42. The van der Waals surface area contributed by atoms with Crippen molar-refractivity contribution >= 4 is 10.0 Å². The molecule has 0 amide bonds. The van der Waals surface area contributed by atoms with E-state index in [0.29, 0.717) is 18.0 Å². The van der Waals surface area contributed by atoms with E-state index in [2.05, 4.69) is 14.8 Å². The van der Waals surface area contributed by atoms with Crippen LogP contribution >= 0.6 is 0 Å². The van der Waals surface area contributed by atoms with Crippen LogP contribution in [0.5, 0.6) is 5.75 Å². The highest BCUT2D eigenvalue weighted by atomic mass is 32.2. The first-order valence-electron chi connectivity index (χ1n) is 9.24. The largest absolute Gasteiger partial charge is 0.497 e. The average molecular weight is 424 g/mol. The van der Waals surface area contributed by atoms with E-state index in [4.69, 9.17) is 9.15 Å². The van der Waals surface area contributed by atoms with Crippen LogP contribution in [0.3, 0.4) is 0 Å². The number of hydrogen-bond donors (Lipinski definition) is 1. The van der Waals surface area contributed by atoms with Crippen LogP contribution in [0.25, 0.3) is 17.1 Å². The van der Waals surface area contributed by atoms with E-state index in [9.17, 15) is 8.42 Å². The number of ether oxygens (including phenoxy) is 1. The average Bonchev–Trinajstić information content (AvgIpc) is 3.45. The lowest BCUT2D eigenvalue weighted by Crippen LogP contribution is -2.25. The van der Waals surface area contributed by atoms with Gasteiger partial charge < -0.3 is 9.15 Å². The van der Waals surface area contributed by atoms with Crippen molar-refractivity contribution in [2.24, 2.45) is 0 Å². The van der Waals surface area contributed by atoms with Crippen LogP contribution in [0.1, 0.15) is 5.69 Å². The zero-order valence-electron chi connectivity index (χ0n) is 16.2. The van der Waals surface area contributed by atoms with E-state index in [1.807, 2.05) is 54.6 Å². The van der Waals surface area contributed by atoms with Gasteiger partial charge in [0, 0.05) is 18.5 Å². The Labute approximate surface area is 174 Å². The molecule has 0 aliphatic carbocycles. The predicted molar refractivity (Wildman–Crippen MR) is 111 cm³/mol. The van der Waals surface area contributed by atoms with E-state index in [0.717, 1.165) is 17.0 Å². The van der Waals surface area contributed by atoms with Gasteiger partial charge in [-0.25, -0.2) is 22.8 Å². The van der Waals surface area contributed by atoms with Gasteiger partial charge in [0.1, 0.15) is 16.9 Å².